The third-order valence-corrected chi connectivity index (χ3v) is 4.99. The largest absolute Gasteiger partial charge is 0.354 e. The number of thioether (sulfide) groups is 1. The molecule has 0 aromatic rings. The van der Waals surface area contributed by atoms with Crippen molar-refractivity contribution in [1.82, 2.24) is 4.90 Å². The van der Waals surface area contributed by atoms with Gasteiger partial charge < -0.3 is 4.90 Å². The van der Waals surface area contributed by atoms with Crippen LogP contribution in [0.1, 0.15) is 20.3 Å². The fraction of sp³-hybridized carbons (Fsp3) is 0.900. The van der Waals surface area contributed by atoms with Gasteiger partial charge in [0.2, 0.25) is 0 Å². The van der Waals surface area contributed by atoms with Crippen LogP contribution < -0.4 is 0 Å². The van der Waals surface area contributed by atoms with Gasteiger partial charge >= 0.3 is 0 Å². The van der Waals surface area contributed by atoms with Crippen molar-refractivity contribution in [3.63, 3.8) is 0 Å². The van der Waals surface area contributed by atoms with E-state index in [0.717, 1.165) is 24.3 Å². The van der Waals surface area contributed by atoms with Crippen LogP contribution in [0.15, 0.2) is 4.99 Å². The van der Waals surface area contributed by atoms with Gasteiger partial charge in [-0.2, -0.15) is 0 Å². The Balaban J connectivity index is 2.35. The van der Waals surface area contributed by atoms with Crippen LogP contribution in [0.4, 0.5) is 0 Å². The number of halogens is 1. The number of alkyl halides is 1. The Morgan fingerprint density at radius 1 is 1.71 bits per heavy atom. The number of hydrogen-bond acceptors (Lipinski definition) is 3. The van der Waals surface area contributed by atoms with Gasteiger partial charge in [0.1, 0.15) is 0 Å². The van der Waals surface area contributed by atoms with Gasteiger partial charge in [-0.3, -0.25) is 4.99 Å². The number of amidine groups is 1. The van der Waals surface area contributed by atoms with E-state index in [9.17, 15) is 0 Å². The Morgan fingerprint density at radius 3 is 2.93 bits per heavy atom. The summed E-state index contributed by atoms with van der Waals surface area (Å²) in [7, 11) is 2.15. The molecule has 0 amide bonds. The number of nitrogens with zero attached hydrogens (tertiary/aromatic N) is 2. The number of hydrogen-bond donors (Lipinski definition) is 0. The third kappa shape index (κ3) is 3.46. The van der Waals surface area contributed by atoms with Crippen LogP contribution in [0.5, 0.6) is 0 Å². The summed E-state index contributed by atoms with van der Waals surface area (Å²) in [4.78, 5) is 6.84. The lowest BCUT2D eigenvalue weighted by Crippen LogP contribution is -2.28. The molecule has 0 aromatic heterocycles. The van der Waals surface area contributed by atoms with Gasteiger partial charge in [-0.25, -0.2) is 0 Å². The van der Waals surface area contributed by atoms with E-state index in [4.69, 9.17) is 0 Å². The molecule has 0 aromatic carbocycles. The molecule has 0 aliphatic carbocycles. The van der Waals surface area contributed by atoms with Crippen molar-refractivity contribution in [2.75, 3.05) is 25.5 Å². The first-order chi connectivity index (χ1) is 6.67. The van der Waals surface area contributed by atoms with E-state index >= 15 is 0 Å². The maximum Gasteiger partial charge on any atom is 0.159 e. The highest BCUT2D eigenvalue weighted by molar-refractivity contribution is 9.09. The minimum Gasteiger partial charge on any atom is -0.354 e. The van der Waals surface area contributed by atoms with Crippen molar-refractivity contribution in [2.45, 2.75) is 25.5 Å². The zero-order valence-electron chi connectivity index (χ0n) is 9.16. The third-order valence-electron chi connectivity index (χ3n) is 2.48. The molecular formula is C10H19BrN2S. The van der Waals surface area contributed by atoms with Crippen molar-refractivity contribution in [2.24, 2.45) is 10.9 Å². The van der Waals surface area contributed by atoms with Crippen LogP contribution in [-0.4, -0.2) is 40.8 Å². The van der Waals surface area contributed by atoms with E-state index in [1.807, 2.05) is 11.8 Å². The first kappa shape index (κ1) is 12.4. The zero-order chi connectivity index (χ0) is 10.6. The van der Waals surface area contributed by atoms with Gasteiger partial charge in [0.25, 0.3) is 0 Å². The molecule has 1 aliphatic rings. The molecule has 1 rings (SSSR count). The van der Waals surface area contributed by atoms with Crippen LogP contribution in [0.3, 0.4) is 0 Å². The highest BCUT2D eigenvalue weighted by Gasteiger charge is 2.21. The molecule has 0 fully saturated rings. The molecule has 2 unspecified atom stereocenters. The molecule has 0 spiro atoms. The maximum absolute atomic E-state index is 4.55. The van der Waals surface area contributed by atoms with Crippen molar-refractivity contribution in [3.8, 4) is 0 Å². The van der Waals surface area contributed by atoms with E-state index in [0.29, 0.717) is 5.25 Å². The van der Waals surface area contributed by atoms with Gasteiger partial charge in [0.15, 0.2) is 5.17 Å². The van der Waals surface area contributed by atoms with Crippen LogP contribution in [0.2, 0.25) is 0 Å². The monoisotopic (exact) mass is 278 g/mol. The summed E-state index contributed by atoms with van der Waals surface area (Å²) in [6.45, 7) is 6.62. The van der Waals surface area contributed by atoms with Crippen LogP contribution >= 0.6 is 27.7 Å². The highest BCUT2D eigenvalue weighted by atomic mass is 79.9. The minimum atomic E-state index is 0.643. The van der Waals surface area contributed by atoms with Gasteiger partial charge in [0.05, 0.1) is 6.54 Å². The topological polar surface area (TPSA) is 15.6 Å². The Labute approximate surface area is 99.7 Å². The van der Waals surface area contributed by atoms with E-state index in [1.165, 1.54) is 11.6 Å². The first-order valence-electron chi connectivity index (χ1n) is 5.15. The molecular weight excluding hydrogens is 260 g/mol. The quantitative estimate of drug-likeness (QED) is 0.735. The highest BCUT2D eigenvalue weighted by Crippen LogP contribution is 2.24. The van der Waals surface area contributed by atoms with E-state index < -0.39 is 0 Å². The van der Waals surface area contributed by atoms with E-state index in [-0.39, 0.29) is 0 Å². The molecule has 1 aliphatic heterocycles. The van der Waals surface area contributed by atoms with E-state index in [1.54, 1.807) is 0 Å². The Hall–Kier alpha value is 0.300. The summed E-state index contributed by atoms with van der Waals surface area (Å²) in [5.41, 5.74) is 0. The molecule has 0 N–H and O–H groups in total. The van der Waals surface area contributed by atoms with Crippen LogP contribution in [0, 0.1) is 5.92 Å². The lowest BCUT2D eigenvalue weighted by Gasteiger charge is -2.22. The Morgan fingerprint density at radius 2 is 2.43 bits per heavy atom. The SMILES string of the molecule is CCC(C)CN(C)C1=NCC(CBr)S1. The van der Waals surface area contributed by atoms with Crippen molar-refractivity contribution in [3.05, 3.63) is 0 Å². The number of aliphatic imine (C=N–C) groups is 1. The average molecular weight is 279 g/mol. The van der Waals surface area contributed by atoms with Crippen LogP contribution in [-0.2, 0) is 0 Å². The molecule has 4 heteroatoms. The second-order valence-electron chi connectivity index (χ2n) is 3.91. The summed E-state index contributed by atoms with van der Waals surface area (Å²) in [5.74, 6) is 0.756. The molecule has 0 radical (unpaired) electrons. The van der Waals surface area contributed by atoms with Gasteiger partial charge in [0, 0.05) is 24.2 Å². The Kier molecular flexibility index (Phi) is 5.31. The number of rotatable bonds is 4. The summed E-state index contributed by atoms with van der Waals surface area (Å²) in [5, 5.41) is 2.90. The molecule has 82 valence electrons. The summed E-state index contributed by atoms with van der Waals surface area (Å²) in [6, 6.07) is 0. The summed E-state index contributed by atoms with van der Waals surface area (Å²) >= 11 is 5.40. The fourth-order valence-corrected chi connectivity index (χ4v) is 2.88. The second kappa shape index (κ2) is 6.01. The van der Waals surface area contributed by atoms with Crippen molar-refractivity contribution < 1.29 is 0 Å². The van der Waals surface area contributed by atoms with Gasteiger partial charge in [-0.1, -0.05) is 48.0 Å². The predicted octanol–water partition coefficient (Wildman–Crippen LogP) is 2.83. The van der Waals surface area contributed by atoms with Crippen molar-refractivity contribution >= 4 is 32.9 Å². The molecule has 0 saturated heterocycles. The standard InChI is InChI=1S/C10H19BrN2S/c1-4-8(2)7-13(3)10-12-6-9(5-11)14-10/h8-9H,4-7H2,1-3H3. The molecule has 14 heavy (non-hydrogen) atoms. The fourth-order valence-electron chi connectivity index (χ4n) is 1.37. The second-order valence-corrected chi connectivity index (χ2v) is 5.83. The average Bonchev–Trinajstić information content (AvgIpc) is 2.65. The summed E-state index contributed by atoms with van der Waals surface area (Å²) < 4.78 is 0. The van der Waals surface area contributed by atoms with Gasteiger partial charge in [-0.15, -0.1) is 0 Å². The maximum atomic E-state index is 4.55. The normalized spacial score (nSPS) is 23.4. The molecule has 1 heterocycles. The first-order valence-corrected chi connectivity index (χ1v) is 7.15. The molecule has 2 atom stereocenters. The lowest BCUT2D eigenvalue weighted by molar-refractivity contribution is 0.401. The van der Waals surface area contributed by atoms with E-state index in [2.05, 4.69) is 46.7 Å². The predicted molar refractivity (Wildman–Crippen MR) is 69.6 cm³/mol. The zero-order valence-corrected chi connectivity index (χ0v) is 11.6. The summed E-state index contributed by atoms with van der Waals surface area (Å²) in [6.07, 6.45) is 1.24. The minimum absolute atomic E-state index is 0.643. The molecule has 0 saturated carbocycles. The lowest BCUT2D eigenvalue weighted by atomic mass is 10.1. The van der Waals surface area contributed by atoms with Crippen LogP contribution in [0.25, 0.3) is 0 Å². The van der Waals surface area contributed by atoms with Crippen molar-refractivity contribution in [1.29, 1.82) is 0 Å². The smallest absolute Gasteiger partial charge is 0.159 e. The molecule has 0 bridgehead atoms. The Bertz CT molecular complexity index is 208. The molecule has 2 nitrogen and oxygen atoms in total. The van der Waals surface area contributed by atoms with Gasteiger partial charge in [-0.05, 0) is 5.92 Å².